The van der Waals surface area contributed by atoms with Gasteiger partial charge in [0.15, 0.2) is 0 Å². The number of ether oxygens (including phenoxy) is 1. The molecule has 0 fully saturated rings. The quantitative estimate of drug-likeness (QED) is 0.852. The molecule has 0 aliphatic carbocycles. The third-order valence-electron chi connectivity index (χ3n) is 3.45. The molecule has 0 bridgehead atoms. The predicted octanol–water partition coefficient (Wildman–Crippen LogP) is 2.86. The molecule has 124 valence electrons. The second-order valence-corrected chi connectivity index (χ2v) is 7.08. The van der Waals surface area contributed by atoms with Gasteiger partial charge < -0.3 is 15.2 Å². The van der Waals surface area contributed by atoms with Crippen LogP contribution in [0.15, 0.2) is 35.2 Å². The molecule has 23 heavy (non-hydrogen) atoms. The number of nitrogens with zero attached hydrogens (tertiary/aromatic N) is 1. The SMILES string of the molecule is CC(C)(C)C(O)CNC(=O)c1ccccc1OCc1cscn1. The number of carbonyl (C=O) groups is 1. The molecular weight excluding hydrogens is 312 g/mol. The van der Waals surface area contributed by atoms with E-state index in [1.807, 2.05) is 32.2 Å². The van der Waals surface area contributed by atoms with Crippen LogP contribution in [0.25, 0.3) is 0 Å². The average Bonchev–Trinajstić information content (AvgIpc) is 3.03. The van der Waals surface area contributed by atoms with Crippen molar-refractivity contribution in [1.29, 1.82) is 0 Å². The maximum Gasteiger partial charge on any atom is 0.255 e. The summed E-state index contributed by atoms with van der Waals surface area (Å²) in [6.45, 7) is 6.29. The molecular formula is C17H22N2O3S. The van der Waals surface area contributed by atoms with Gasteiger partial charge in [0.1, 0.15) is 12.4 Å². The minimum atomic E-state index is -0.616. The monoisotopic (exact) mass is 334 g/mol. The summed E-state index contributed by atoms with van der Waals surface area (Å²) >= 11 is 1.50. The number of aliphatic hydroxyl groups excluding tert-OH is 1. The Morgan fingerprint density at radius 1 is 1.39 bits per heavy atom. The number of amides is 1. The van der Waals surface area contributed by atoms with Crippen molar-refractivity contribution >= 4 is 17.2 Å². The fourth-order valence-corrected chi connectivity index (χ4v) is 2.37. The number of hydrogen-bond acceptors (Lipinski definition) is 5. The summed E-state index contributed by atoms with van der Waals surface area (Å²) in [6.07, 6.45) is -0.616. The van der Waals surface area contributed by atoms with Crippen LogP contribution < -0.4 is 10.1 Å². The lowest BCUT2D eigenvalue weighted by Gasteiger charge is -2.26. The van der Waals surface area contributed by atoms with Crippen LogP contribution in [0.4, 0.5) is 0 Å². The Bertz CT molecular complexity index is 636. The van der Waals surface area contributed by atoms with Crippen molar-refractivity contribution in [2.45, 2.75) is 33.5 Å². The Morgan fingerprint density at radius 2 is 2.13 bits per heavy atom. The van der Waals surface area contributed by atoms with Crippen molar-refractivity contribution in [1.82, 2.24) is 10.3 Å². The van der Waals surface area contributed by atoms with E-state index in [1.165, 1.54) is 11.3 Å². The van der Waals surface area contributed by atoms with Gasteiger partial charge >= 0.3 is 0 Å². The molecule has 1 heterocycles. The molecule has 5 nitrogen and oxygen atoms in total. The van der Waals surface area contributed by atoms with Crippen LogP contribution in [-0.2, 0) is 6.61 Å². The van der Waals surface area contributed by atoms with Crippen molar-refractivity contribution < 1.29 is 14.6 Å². The van der Waals surface area contributed by atoms with Crippen LogP contribution in [0.1, 0.15) is 36.8 Å². The highest BCUT2D eigenvalue weighted by Gasteiger charge is 2.23. The van der Waals surface area contributed by atoms with Crippen LogP contribution in [0.2, 0.25) is 0 Å². The first kappa shape index (κ1) is 17.4. The fraction of sp³-hybridized carbons (Fsp3) is 0.412. The van der Waals surface area contributed by atoms with Gasteiger partial charge in [0.25, 0.3) is 5.91 Å². The Morgan fingerprint density at radius 3 is 2.78 bits per heavy atom. The minimum Gasteiger partial charge on any atom is -0.486 e. The molecule has 1 aromatic heterocycles. The van der Waals surface area contributed by atoms with E-state index in [9.17, 15) is 9.90 Å². The van der Waals surface area contributed by atoms with E-state index < -0.39 is 6.10 Å². The highest BCUT2D eigenvalue weighted by Crippen LogP contribution is 2.21. The van der Waals surface area contributed by atoms with Gasteiger partial charge in [-0.3, -0.25) is 4.79 Å². The number of hydrogen-bond donors (Lipinski definition) is 2. The third-order valence-corrected chi connectivity index (χ3v) is 4.08. The van der Waals surface area contributed by atoms with Gasteiger partial charge in [0.2, 0.25) is 0 Å². The van der Waals surface area contributed by atoms with Gasteiger partial charge in [0, 0.05) is 11.9 Å². The van der Waals surface area contributed by atoms with E-state index in [0.717, 1.165) is 5.69 Å². The summed E-state index contributed by atoms with van der Waals surface area (Å²) in [7, 11) is 0. The summed E-state index contributed by atoms with van der Waals surface area (Å²) in [5.74, 6) is 0.241. The van der Waals surface area contributed by atoms with Crippen molar-refractivity contribution in [3.63, 3.8) is 0 Å². The van der Waals surface area contributed by atoms with E-state index in [-0.39, 0.29) is 17.9 Å². The molecule has 0 spiro atoms. The zero-order chi connectivity index (χ0) is 16.9. The number of nitrogens with one attached hydrogen (secondary N) is 1. The Balaban J connectivity index is 2.00. The summed E-state index contributed by atoms with van der Waals surface area (Å²) in [5.41, 5.74) is 2.73. The topological polar surface area (TPSA) is 71.5 Å². The molecule has 1 unspecified atom stereocenters. The molecule has 0 saturated heterocycles. The van der Waals surface area contributed by atoms with Crippen LogP contribution in [0, 0.1) is 5.41 Å². The zero-order valence-corrected chi connectivity index (χ0v) is 14.4. The number of thiazole rings is 1. The van der Waals surface area contributed by atoms with Crippen molar-refractivity contribution in [3.8, 4) is 5.75 Å². The Kier molecular flexibility index (Phi) is 5.74. The van der Waals surface area contributed by atoms with Gasteiger partial charge in [-0.25, -0.2) is 4.98 Å². The number of aliphatic hydroxyl groups is 1. The normalized spacial score (nSPS) is 12.7. The third kappa shape index (κ3) is 5.04. The highest BCUT2D eigenvalue weighted by molar-refractivity contribution is 7.07. The smallest absolute Gasteiger partial charge is 0.255 e. The van der Waals surface area contributed by atoms with Crippen molar-refractivity contribution in [2.75, 3.05) is 6.54 Å². The Hall–Kier alpha value is -1.92. The lowest BCUT2D eigenvalue weighted by Crippen LogP contribution is -2.39. The molecule has 1 atom stereocenters. The van der Waals surface area contributed by atoms with Gasteiger partial charge in [0.05, 0.1) is 22.9 Å². The second kappa shape index (κ2) is 7.57. The van der Waals surface area contributed by atoms with Crippen molar-refractivity contribution in [3.05, 3.63) is 46.4 Å². The molecule has 2 rings (SSSR count). The van der Waals surface area contributed by atoms with E-state index >= 15 is 0 Å². The molecule has 0 radical (unpaired) electrons. The molecule has 0 aliphatic heterocycles. The van der Waals surface area contributed by atoms with Gasteiger partial charge in [-0.15, -0.1) is 11.3 Å². The standard InChI is InChI=1S/C17H22N2O3S/c1-17(2,3)15(20)8-18-16(21)13-6-4-5-7-14(13)22-9-12-10-23-11-19-12/h4-7,10-11,15,20H,8-9H2,1-3H3,(H,18,21). The molecule has 0 saturated carbocycles. The minimum absolute atomic E-state index is 0.197. The number of aromatic nitrogens is 1. The molecule has 0 aliphatic rings. The first-order valence-corrected chi connectivity index (χ1v) is 8.37. The van der Waals surface area contributed by atoms with Gasteiger partial charge in [-0.2, -0.15) is 0 Å². The summed E-state index contributed by atoms with van der Waals surface area (Å²) < 4.78 is 5.70. The number of para-hydroxylation sites is 1. The van der Waals surface area contributed by atoms with E-state index in [1.54, 1.807) is 23.7 Å². The van der Waals surface area contributed by atoms with Crippen LogP contribution >= 0.6 is 11.3 Å². The van der Waals surface area contributed by atoms with Gasteiger partial charge in [-0.05, 0) is 17.5 Å². The maximum atomic E-state index is 12.3. The lowest BCUT2D eigenvalue weighted by molar-refractivity contribution is 0.0585. The first-order valence-electron chi connectivity index (χ1n) is 7.43. The predicted molar refractivity (Wildman–Crippen MR) is 90.7 cm³/mol. The Labute approximate surface area is 140 Å². The van der Waals surface area contributed by atoms with Gasteiger partial charge in [-0.1, -0.05) is 32.9 Å². The number of benzene rings is 1. The van der Waals surface area contributed by atoms with Crippen LogP contribution in [0.5, 0.6) is 5.75 Å². The maximum absolute atomic E-state index is 12.3. The van der Waals surface area contributed by atoms with E-state index in [2.05, 4.69) is 10.3 Å². The average molecular weight is 334 g/mol. The summed E-state index contributed by atoms with van der Waals surface area (Å²) in [5, 5.41) is 14.7. The first-order chi connectivity index (χ1) is 10.9. The van der Waals surface area contributed by atoms with E-state index in [4.69, 9.17) is 4.74 Å². The molecule has 1 amide bonds. The molecule has 2 N–H and O–H groups in total. The summed E-state index contributed by atoms with van der Waals surface area (Å²) in [4.78, 5) is 16.5. The van der Waals surface area contributed by atoms with Crippen molar-refractivity contribution in [2.24, 2.45) is 5.41 Å². The molecule has 6 heteroatoms. The second-order valence-electron chi connectivity index (χ2n) is 6.36. The number of carbonyl (C=O) groups excluding carboxylic acids is 1. The van der Waals surface area contributed by atoms with Crippen LogP contribution in [-0.4, -0.2) is 28.6 Å². The summed E-state index contributed by atoms with van der Waals surface area (Å²) in [6, 6.07) is 7.05. The van der Waals surface area contributed by atoms with E-state index in [0.29, 0.717) is 17.9 Å². The fourth-order valence-electron chi connectivity index (χ4n) is 1.83. The lowest BCUT2D eigenvalue weighted by atomic mass is 9.89. The molecule has 1 aromatic carbocycles. The number of rotatable bonds is 6. The van der Waals surface area contributed by atoms with Crippen LogP contribution in [0.3, 0.4) is 0 Å². The molecule has 2 aromatic rings. The zero-order valence-electron chi connectivity index (χ0n) is 13.6. The highest BCUT2D eigenvalue weighted by atomic mass is 32.1. The largest absolute Gasteiger partial charge is 0.486 e.